The van der Waals surface area contributed by atoms with Crippen LogP contribution >= 0.6 is 0 Å². The minimum atomic E-state index is 0.137. The summed E-state index contributed by atoms with van der Waals surface area (Å²) < 4.78 is 0. The van der Waals surface area contributed by atoms with E-state index in [4.69, 9.17) is 0 Å². The Balaban J connectivity index is 1.71. The lowest BCUT2D eigenvalue weighted by Crippen LogP contribution is -2.44. The van der Waals surface area contributed by atoms with E-state index in [1.807, 2.05) is 4.90 Å². The third-order valence-electron chi connectivity index (χ3n) is 4.78. The van der Waals surface area contributed by atoms with Gasteiger partial charge in [-0.15, -0.1) is 0 Å². The minimum absolute atomic E-state index is 0.137. The van der Waals surface area contributed by atoms with Crippen molar-refractivity contribution in [3.63, 3.8) is 0 Å². The van der Waals surface area contributed by atoms with Gasteiger partial charge in [-0.25, -0.2) is 0 Å². The summed E-state index contributed by atoms with van der Waals surface area (Å²) in [6.45, 7) is 7.63. The maximum absolute atomic E-state index is 12.2. The number of rotatable bonds is 3. The fraction of sp³-hybridized carbons (Fsp3) is 0.875. The molecule has 0 bridgehead atoms. The molecule has 5 nitrogen and oxygen atoms in total. The standard InChI is InChI=1S/C16H29N3O2/c1-13-4-6-15(7-5-13)17-16(21)12-18-8-3-9-19(11-10-18)14(2)20/h13,15H,3-12H2,1-2H3,(H,17,21). The van der Waals surface area contributed by atoms with Crippen molar-refractivity contribution >= 4 is 11.8 Å². The Morgan fingerprint density at radius 3 is 2.43 bits per heavy atom. The SMILES string of the molecule is CC(=O)N1CCCN(CC(=O)NC2CCC(C)CC2)CC1. The molecule has 0 spiro atoms. The molecule has 1 heterocycles. The number of nitrogens with one attached hydrogen (secondary N) is 1. The van der Waals surface area contributed by atoms with Crippen molar-refractivity contribution in [2.75, 3.05) is 32.7 Å². The summed E-state index contributed by atoms with van der Waals surface area (Å²) in [6.07, 6.45) is 5.63. The topological polar surface area (TPSA) is 52.7 Å². The van der Waals surface area contributed by atoms with Crippen LogP contribution in [0.5, 0.6) is 0 Å². The van der Waals surface area contributed by atoms with Crippen molar-refractivity contribution in [1.29, 1.82) is 0 Å². The number of nitrogens with zero attached hydrogens (tertiary/aromatic N) is 2. The molecule has 1 saturated carbocycles. The summed E-state index contributed by atoms with van der Waals surface area (Å²) in [7, 11) is 0. The van der Waals surface area contributed by atoms with Crippen molar-refractivity contribution in [1.82, 2.24) is 15.1 Å². The highest BCUT2D eigenvalue weighted by molar-refractivity contribution is 5.78. The molecular weight excluding hydrogens is 266 g/mol. The highest BCUT2D eigenvalue weighted by Gasteiger charge is 2.22. The Kier molecular flexibility index (Phi) is 6.03. The second kappa shape index (κ2) is 7.78. The van der Waals surface area contributed by atoms with Crippen molar-refractivity contribution in [2.24, 2.45) is 5.92 Å². The fourth-order valence-electron chi connectivity index (χ4n) is 3.32. The van der Waals surface area contributed by atoms with Gasteiger partial charge in [0.05, 0.1) is 6.54 Å². The third kappa shape index (κ3) is 5.30. The van der Waals surface area contributed by atoms with Crippen LogP contribution in [-0.2, 0) is 9.59 Å². The van der Waals surface area contributed by atoms with Gasteiger partial charge in [0.1, 0.15) is 0 Å². The molecule has 1 N–H and O–H groups in total. The quantitative estimate of drug-likeness (QED) is 0.852. The van der Waals surface area contributed by atoms with E-state index in [-0.39, 0.29) is 11.8 Å². The zero-order valence-electron chi connectivity index (χ0n) is 13.4. The first kappa shape index (κ1) is 16.3. The van der Waals surface area contributed by atoms with Crippen LogP contribution in [-0.4, -0.2) is 60.4 Å². The van der Waals surface area contributed by atoms with Gasteiger partial charge in [0, 0.05) is 39.1 Å². The predicted molar refractivity (Wildman–Crippen MR) is 82.9 cm³/mol. The molecule has 0 atom stereocenters. The number of carbonyl (C=O) groups is 2. The van der Waals surface area contributed by atoms with Crippen LogP contribution in [0.15, 0.2) is 0 Å². The van der Waals surface area contributed by atoms with Gasteiger partial charge in [-0.1, -0.05) is 6.92 Å². The van der Waals surface area contributed by atoms with Gasteiger partial charge in [-0.2, -0.15) is 0 Å². The molecule has 2 fully saturated rings. The lowest BCUT2D eigenvalue weighted by Gasteiger charge is -2.28. The van der Waals surface area contributed by atoms with E-state index >= 15 is 0 Å². The Morgan fingerprint density at radius 1 is 1.05 bits per heavy atom. The van der Waals surface area contributed by atoms with Crippen LogP contribution in [0.2, 0.25) is 0 Å². The Bertz CT molecular complexity index is 365. The highest BCUT2D eigenvalue weighted by atomic mass is 16.2. The molecular formula is C16H29N3O2. The van der Waals surface area contributed by atoms with Gasteiger partial charge in [0.15, 0.2) is 0 Å². The molecule has 1 aliphatic heterocycles. The molecule has 2 aliphatic rings. The van der Waals surface area contributed by atoms with Gasteiger partial charge in [0.2, 0.25) is 11.8 Å². The van der Waals surface area contributed by atoms with E-state index in [0.29, 0.717) is 12.6 Å². The maximum Gasteiger partial charge on any atom is 0.234 e. The van der Waals surface area contributed by atoms with Crippen molar-refractivity contribution in [3.05, 3.63) is 0 Å². The molecule has 0 aromatic carbocycles. The van der Waals surface area contributed by atoms with Crippen LogP contribution in [0.25, 0.3) is 0 Å². The zero-order valence-corrected chi connectivity index (χ0v) is 13.4. The number of carbonyl (C=O) groups excluding carboxylic acids is 2. The van der Waals surface area contributed by atoms with Crippen molar-refractivity contribution in [3.8, 4) is 0 Å². The number of amides is 2. The van der Waals surface area contributed by atoms with Crippen LogP contribution in [0.4, 0.5) is 0 Å². The van der Waals surface area contributed by atoms with Gasteiger partial charge in [0.25, 0.3) is 0 Å². The Labute approximate surface area is 128 Å². The van der Waals surface area contributed by atoms with E-state index in [1.165, 1.54) is 12.8 Å². The first-order valence-corrected chi connectivity index (χ1v) is 8.32. The molecule has 21 heavy (non-hydrogen) atoms. The second-order valence-electron chi connectivity index (χ2n) is 6.66. The van der Waals surface area contributed by atoms with Crippen LogP contribution in [0, 0.1) is 5.92 Å². The fourth-order valence-corrected chi connectivity index (χ4v) is 3.32. The van der Waals surface area contributed by atoms with Crippen molar-refractivity contribution in [2.45, 2.75) is 52.0 Å². The Hall–Kier alpha value is -1.10. The van der Waals surface area contributed by atoms with E-state index in [0.717, 1.165) is 51.4 Å². The average molecular weight is 295 g/mol. The molecule has 120 valence electrons. The number of hydrogen-bond acceptors (Lipinski definition) is 3. The molecule has 5 heteroatoms. The van der Waals surface area contributed by atoms with Crippen LogP contribution in [0.1, 0.15) is 46.0 Å². The molecule has 2 amide bonds. The maximum atomic E-state index is 12.2. The highest BCUT2D eigenvalue weighted by Crippen LogP contribution is 2.23. The normalized spacial score (nSPS) is 28.0. The number of hydrogen-bond donors (Lipinski definition) is 1. The average Bonchev–Trinajstić information content (AvgIpc) is 2.67. The van der Waals surface area contributed by atoms with Crippen LogP contribution in [0.3, 0.4) is 0 Å². The summed E-state index contributed by atoms with van der Waals surface area (Å²) in [5.41, 5.74) is 0. The van der Waals surface area contributed by atoms with E-state index < -0.39 is 0 Å². The van der Waals surface area contributed by atoms with E-state index in [2.05, 4.69) is 17.1 Å². The monoisotopic (exact) mass is 295 g/mol. The van der Waals surface area contributed by atoms with E-state index in [1.54, 1.807) is 6.92 Å². The first-order chi connectivity index (χ1) is 10.0. The smallest absolute Gasteiger partial charge is 0.234 e. The molecule has 0 unspecified atom stereocenters. The molecule has 1 saturated heterocycles. The summed E-state index contributed by atoms with van der Waals surface area (Å²) in [4.78, 5) is 27.6. The molecule has 0 aromatic heterocycles. The predicted octanol–water partition coefficient (Wildman–Crippen LogP) is 1.24. The zero-order chi connectivity index (χ0) is 15.2. The summed E-state index contributed by atoms with van der Waals surface area (Å²) in [5, 5.41) is 3.18. The second-order valence-corrected chi connectivity index (χ2v) is 6.66. The molecule has 0 aromatic rings. The van der Waals surface area contributed by atoms with Gasteiger partial charge in [-0.3, -0.25) is 14.5 Å². The lowest BCUT2D eigenvalue weighted by atomic mass is 9.87. The minimum Gasteiger partial charge on any atom is -0.352 e. The molecule has 0 radical (unpaired) electrons. The van der Waals surface area contributed by atoms with E-state index in [9.17, 15) is 9.59 Å². The summed E-state index contributed by atoms with van der Waals surface area (Å²) >= 11 is 0. The largest absolute Gasteiger partial charge is 0.352 e. The van der Waals surface area contributed by atoms with Gasteiger partial charge < -0.3 is 10.2 Å². The van der Waals surface area contributed by atoms with Gasteiger partial charge in [-0.05, 0) is 38.0 Å². The molecule has 1 aliphatic carbocycles. The van der Waals surface area contributed by atoms with Crippen LogP contribution < -0.4 is 5.32 Å². The molecule has 2 rings (SSSR count). The van der Waals surface area contributed by atoms with Gasteiger partial charge >= 0.3 is 0 Å². The first-order valence-electron chi connectivity index (χ1n) is 8.32. The Morgan fingerprint density at radius 2 is 1.76 bits per heavy atom. The van der Waals surface area contributed by atoms with Crippen molar-refractivity contribution < 1.29 is 9.59 Å². The third-order valence-corrected chi connectivity index (χ3v) is 4.78. The summed E-state index contributed by atoms with van der Waals surface area (Å²) in [6, 6.07) is 0.370. The lowest BCUT2D eigenvalue weighted by molar-refractivity contribution is -0.128. The summed E-state index contributed by atoms with van der Waals surface area (Å²) in [5.74, 6) is 1.09.